The molecule has 0 saturated carbocycles. The number of H-pyrrole nitrogens is 1. The first-order chi connectivity index (χ1) is 10.5. The number of hydrogen-bond acceptors (Lipinski definition) is 5. The van der Waals surface area contributed by atoms with Crippen LogP contribution in [0.25, 0.3) is 10.6 Å². The lowest BCUT2D eigenvalue weighted by atomic mass is 10.3. The second-order valence-corrected chi connectivity index (χ2v) is 5.24. The number of carbonyl (C=O) groups excluding carboxylic acids is 1. The van der Waals surface area contributed by atoms with Crippen molar-refractivity contribution >= 4 is 22.9 Å². The van der Waals surface area contributed by atoms with Crippen LogP contribution in [0.3, 0.4) is 0 Å². The lowest BCUT2D eigenvalue weighted by Gasteiger charge is -2.02. The molecule has 0 aliphatic rings. The first-order valence-corrected chi connectivity index (χ1v) is 7.00. The van der Waals surface area contributed by atoms with Crippen molar-refractivity contribution in [3.8, 4) is 10.6 Å². The maximum atomic E-state index is 12.8. The summed E-state index contributed by atoms with van der Waals surface area (Å²) in [6.45, 7) is 0. The monoisotopic (exact) mass is 324 g/mol. The molecule has 0 unspecified atom stereocenters. The van der Waals surface area contributed by atoms with Gasteiger partial charge in [0.15, 0.2) is 5.69 Å². The van der Waals surface area contributed by atoms with Gasteiger partial charge in [0.05, 0.1) is 11.9 Å². The molecule has 3 aromatic heterocycles. The van der Waals surface area contributed by atoms with Gasteiger partial charge in [-0.05, 0) is 0 Å². The number of anilines is 1. The van der Waals surface area contributed by atoms with Crippen LogP contribution < -0.4 is 5.32 Å². The largest absolute Gasteiger partial charge is 0.317 e. The standard InChI is InChI=1S/C12H10F2N6OS/c1-20-4-7(9(19-20)10(13)14)17-11(21)8-5-22-12(18-8)6-2-15-16-3-6/h2-5,10H,1H3,(H,15,16)(H,17,21). The number of thiazole rings is 1. The van der Waals surface area contributed by atoms with Crippen molar-refractivity contribution in [1.82, 2.24) is 25.0 Å². The van der Waals surface area contributed by atoms with Gasteiger partial charge in [0.25, 0.3) is 12.3 Å². The molecule has 114 valence electrons. The maximum Gasteiger partial charge on any atom is 0.284 e. The van der Waals surface area contributed by atoms with E-state index in [1.165, 1.54) is 29.3 Å². The lowest BCUT2D eigenvalue weighted by Crippen LogP contribution is -2.13. The third-order valence-corrected chi connectivity index (χ3v) is 3.69. The van der Waals surface area contributed by atoms with Gasteiger partial charge < -0.3 is 5.32 Å². The van der Waals surface area contributed by atoms with Gasteiger partial charge in [-0.2, -0.15) is 10.2 Å². The van der Waals surface area contributed by atoms with Gasteiger partial charge in [-0.15, -0.1) is 11.3 Å². The highest BCUT2D eigenvalue weighted by molar-refractivity contribution is 7.13. The zero-order chi connectivity index (χ0) is 15.7. The van der Waals surface area contributed by atoms with E-state index in [1.54, 1.807) is 17.8 Å². The summed E-state index contributed by atoms with van der Waals surface area (Å²) in [5.74, 6) is -0.569. The molecular formula is C12H10F2N6OS. The summed E-state index contributed by atoms with van der Waals surface area (Å²) >= 11 is 1.26. The van der Waals surface area contributed by atoms with Crippen LogP contribution in [0.4, 0.5) is 14.5 Å². The van der Waals surface area contributed by atoms with E-state index in [-0.39, 0.29) is 11.4 Å². The first kappa shape index (κ1) is 14.3. The van der Waals surface area contributed by atoms with E-state index in [9.17, 15) is 13.6 Å². The molecule has 0 fully saturated rings. The Morgan fingerprint density at radius 2 is 2.32 bits per heavy atom. The predicted octanol–water partition coefficient (Wildman–Crippen LogP) is 2.46. The Labute approximate surface area is 127 Å². The summed E-state index contributed by atoms with van der Waals surface area (Å²) in [5.41, 5.74) is 0.394. The SMILES string of the molecule is Cn1cc(NC(=O)c2csc(-c3cn[nH]c3)n2)c(C(F)F)n1. The van der Waals surface area contributed by atoms with Crippen molar-refractivity contribution in [3.63, 3.8) is 0 Å². The van der Waals surface area contributed by atoms with Crippen LogP contribution in [0.2, 0.25) is 0 Å². The van der Waals surface area contributed by atoms with Gasteiger partial charge in [-0.3, -0.25) is 14.6 Å². The van der Waals surface area contributed by atoms with Crippen molar-refractivity contribution in [2.45, 2.75) is 6.43 Å². The molecule has 0 bridgehead atoms. The van der Waals surface area contributed by atoms with Crippen LogP contribution in [0.15, 0.2) is 24.0 Å². The van der Waals surface area contributed by atoms with E-state index in [4.69, 9.17) is 0 Å². The van der Waals surface area contributed by atoms with Crippen LogP contribution in [0.5, 0.6) is 0 Å². The molecular weight excluding hydrogens is 314 g/mol. The van der Waals surface area contributed by atoms with Crippen molar-refractivity contribution in [1.29, 1.82) is 0 Å². The molecule has 3 rings (SSSR count). The van der Waals surface area contributed by atoms with E-state index in [0.717, 1.165) is 5.56 Å². The molecule has 0 aliphatic carbocycles. The minimum atomic E-state index is -2.77. The van der Waals surface area contributed by atoms with E-state index in [0.29, 0.717) is 5.01 Å². The quantitative estimate of drug-likeness (QED) is 0.771. The van der Waals surface area contributed by atoms with Crippen molar-refractivity contribution in [2.24, 2.45) is 7.05 Å². The second kappa shape index (κ2) is 5.64. The number of carbonyl (C=O) groups is 1. The molecule has 1 amide bonds. The summed E-state index contributed by atoms with van der Waals surface area (Å²) in [4.78, 5) is 16.3. The molecule has 0 aliphatic heterocycles. The van der Waals surface area contributed by atoms with Gasteiger partial charge in [0, 0.05) is 30.4 Å². The Bertz CT molecular complexity index is 795. The predicted molar refractivity (Wildman–Crippen MR) is 75.8 cm³/mol. The third-order valence-electron chi connectivity index (χ3n) is 2.79. The van der Waals surface area contributed by atoms with E-state index < -0.39 is 18.0 Å². The van der Waals surface area contributed by atoms with Crippen molar-refractivity contribution in [2.75, 3.05) is 5.32 Å². The Morgan fingerprint density at radius 1 is 1.50 bits per heavy atom. The van der Waals surface area contributed by atoms with Crippen LogP contribution in [-0.2, 0) is 7.05 Å². The number of aromatic nitrogens is 5. The zero-order valence-electron chi connectivity index (χ0n) is 11.2. The maximum absolute atomic E-state index is 12.8. The highest BCUT2D eigenvalue weighted by Crippen LogP contribution is 2.26. The number of rotatable bonds is 4. The first-order valence-electron chi connectivity index (χ1n) is 6.12. The average Bonchev–Trinajstić information content (AvgIpc) is 3.17. The van der Waals surface area contributed by atoms with Gasteiger partial charge in [0.2, 0.25) is 0 Å². The molecule has 7 nitrogen and oxygen atoms in total. The minimum Gasteiger partial charge on any atom is -0.317 e. The Balaban J connectivity index is 1.81. The van der Waals surface area contributed by atoms with Crippen LogP contribution >= 0.6 is 11.3 Å². The summed E-state index contributed by atoms with van der Waals surface area (Å²) in [7, 11) is 1.50. The minimum absolute atomic E-state index is 0.0274. The lowest BCUT2D eigenvalue weighted by molar-refractivity contribution is 0.102. The van der Waals surface area contributed by atoms with Crippen LogP contribution in [0.1, 0.15) is 22.6 Å². The molecule has 22 heavy (non-hydrogen) atoms. The fourth-order valence-electron chi connectivity index (χ4n) is 1.83. The van der Waals surface area contributed by atoms with E-state index in [1.807, 2.05) is 0 Å². The van der Waals surface area contributed by atoms with Crippen LogP contribution in [-0.4, -0.2) is 30.9 Å². The normalized spacial score (nSPS) is 11.1. The number of alkyl halides is 2. The molecule has 0 aromatic carbocycles. The fraction of sp³-hybridized carbons (Fsp3) is 0.167. The van der Waals surface area contributed by atoms with Crippen molar-refractivity contribution < 1.29 is 13.6 Å². The van der Waals surface area contributed by atoms with Gasteiger partial charge in [-0.25, -0.2) is 13.8 Å². The smallest absolute Gasteiger partial charge is 0.284 e. The molecule has 0 atom stereocenters. The Morgan fingerprint density at radius 3 is 3.00 bits per heavy atom. The van der Waals surface area contributed by atoms with E-state index >= 15 is 0 Å². The molecule has 3 heterocycles. The Hall–Kier alpha value is -2.62. The molecule has 0 radical (unpaired) electrons. The molecule has 10 heteroatoms. The average molecular weight is 324 g/mol. The number of nitrogens with zero attached hydrogens (tertiary/aromatic N) is 4. The van der Waals surface area contributed by atoms with Crippen molar-refractivity contribution in [3.05, 3.63) is 35.4 Å². The highest BCUT2D eigenvalue weighted by Gasteiger charge is 2.21. The highest BCUT2D eigenvalue weighted by atomic mass is 32.1. The number of nitrogens with one attached hydrogen (secondary N) is 2. The van der Waals surface area contributed by atoms with Crippen LogP contribution in [0, 0.1) is 0 Å². The topological polar surface area (TPSA) is 88.5 Å². The third kappa shape index (κ3) is 2.72. The number of amides is 1. The molecule has 0 spiro atoms. The molecule has 0 saturated heterocycles. The molecule has 3 aromatic rings. The summed E-state index contributed by atoms with van der Waals surface area (Å²) in [6.07, 6.45) is 1.78. The summed E-state index contributed by atoms with van der Waals surface area (Å²) in [5, 5.41) is 14.6. The Kier molecular flexibility index (Phi) is 3.67. The van der Waals surface area contributed by atoms with Gasteiger partial charge in [-0.1, -0.05) is 0 Å². The number of halogens is 2. The molecule has 2 N–H and O–H groups in total. The van der Waals surface area contributed by atoms with Gasteiger partial charge in [0.1, 0.15) is 10.7 Å². The zero-order valence-corrected chi connectivity index (χ0v) is 12.1. The number of aromatic amines is 1. The van der Waals surface area contributed by atoms with Gasteiger partial charge >= 0.3 is 0 Å². The summed E-state index contributed by atoms with van der Waals surface area (Å²) in [6, 6.07) is 0. The second-order valence-electron chi connectivity index (χ2n) is 4.38. The summed E-state index contributed by atoms with van der Waals surface area (Å²) < 4.78 is 26.9. The fourth-order valence-corrected chi connectivity index (χ4v) is 2.61. The number of hydrogen-bond donors (Lipinski definition) is 2. The number of aryl methyl sites for hydroxylation is 1. The van der Waals surface area contributed by atoms with E-state index in [2.05, 4.69) is 25.6 Å².